The van der Waals surface area contributed by atoms with Crippen LogP contribution in [0.15, 0.2) is 0 Å². The molecule has 1 heterocycles. The first-order valence-corrected chi connectivity index (χ1v) is 7.52. The summed E-state index contributed by atoms with van der Waals surface area (Å²) in [6.45, 7) is 2.33. The van der Waals surface area contributed by atoms with Crippen molar-refractivity contribution in [2.45, 2.75) is 63.1 Å². The van der Waals surface area contributed by atoms with Gasteiger partial charge in [0.05, 0.1) is 0 Å². The third-order valence-corrected chi connectivity index (χ3v) is 4.78. The molecule has 3 fully saturated rings. The fourth-order valence-electron chi connectivity index (χ4n) is 3.42. The minimum absolute atomic E-state index is 0. The van der Waals surface area contributed by atoms with Crippen LogP contribution in [0.5, 0.6) is 0 Å². The van der Waals surface area contributed by atoms with Gasteiger partial charge in [0, 0.05) is 37.1 Å². The number of nitrogens with zero attached hydrogens (tertiary/aromatic N) is 1. The number of hydrogen-bond acceptors (Lipinski definition) is 3. The highest BCUT2D eigenvalue weighted by atomic mass is 35.5. The molecule has 2 saturated carbocycles. The molecule has 1 saturated heterocycles. The number of halogens is 2. The lowest BCUT2D eigenvalue weighted by atomic mass is 10.0. The highest BCUT2D eigenvalue weighted by molar-refractivity contribution is 5.85. The summed E-state index contributed by atoms with van der Waals surface area (Å²) in [7, 11) is 0. The van der Waals surface area contributed by atoms with E-state index in [0.717, 1.165) is 38.1 Å². The zero-order valence-corrected chi connectivity index (χ0v) is 13.6. The van der Waals surface area contributed by atoms with Crippen LogP contribution in [0.4, 0.5) is 0 Å². The van der Waals surface area contributed by atoms with Crippen LogP contribution in [0.2, 0.25) is 0 Å². The third kappa shape index (κ3) is 4.48. The second kappa shape index (κ2) is 7.83. The second-order valence-corrected chi connectivity index (χ2v) is 6.32. The number of carbonyl (C=O) groups excluding carboxylic acids is 1. The number of piperidine rings is 1. The van der Waals surface area contributed by atoms with Crippen molar-refractivity contribution in [3.63, 3.8) is 0 Å². The fourth-order valence-corrected chi connectivity index (χ4v) is 3.42. The van der Waals surface area contributed by atoms with Crippen LogP contribution in [0.25, 0.3) is 0 Å². The second-order valence-electron chi connectivity index (χ2n) is 6.32. The minimum atomic E-state index is 0. The maximum absolute atomic E-state index is 12.1. The molecule has 2 unspecified atom stereocenters. The van der Waals surface area contributed by atoms with Gasteiger partial charge in [-0.2, -0.15) is 0 Å². The molecule has 2 aliphatic carbocycles. The topological polar surface area (TPSA) is 58.4 Å². The highest BCUT2D eigenvalue weighted by Gasteiger charge is 2.33. The van der Waals surface area contributed by atoms with E-state index in [0.29, 0.717) is 6.04 Å². The Morgan fingerprint density at radius 1 is 1.00 bits per heavy atom. The Morgan fingerprint density at radius 2 is 1.65 bits per heavy atom. The zero-order valence-electron chi connectivity index (χ0n) is 11.9. The van der Waals surface area contributed by atoms with Crippen molar-refractivity contribution in [2.75, 3.05) is 13.1 Å². The van der Waals surface area contributed by atoms with Crippen LogP contribution in [0, 0.1) is 5.92 Å². The Kier molecular flexibility index (Phi) is 7.06. The SMILES string of the molecule is Cl.Cl.NC1CCC(C(=O)NC2CCN(C3CC3)CC2)C1. The first kappa shape index (κ1) is 18.0. The van der Waals surface area contributed by atoms with Crippen molar-refractivity contribution < 1.29 is 4.79 Å². The number of hydrogen-bond donors (Lipinski definition) is 2. The van der Waals surface area contributed by atoms with Crippen LogP contribution in [0.3, 0.4) is 0 Å². The van der Waals surface area contributed by atoms with Gasteiger partial charge in [-0.15, -0.1) is 24.8 Å². The molecule has 3 aliphatic rings. The van der Waals surface area contributed by atoms with Gasteiger partial charge >= 0.3 is 0 Å². The molecule has 118 valence electrons. The molecule has 1 amide bonds. The number of amides is 1. The van der Waals surface area contributed by atoms with Gasteiger partial charge in [-0.3, -0.25) is 4.79 Å². The number of rotatable bonds is 3. The van der Waals surface area contributed by atoms with Gasteiger partial charge in [0.15, 0.2) is 0 Å². The summed E-state index contributed by atoms with van der Waals surface area (Å²) in [5.74, 6) is 0.439. The Balaban J connectivity index is 0.000001000. The molecule has 1 aliphatic heterocycles. The molecule has 0 aromatic rings. The van der Waals surface area contributed by atoms with Crippen molar-refractivity contribution in [3.8, 4) is 0 Å². The zero-order chi connectivity index (χ0) is 12.5. The van der Waals surface area contributed by atoms with Crippen LogP contribution in [0.1, 0.15) is 44.9 Å². The van der Waals surface area contributed by atoms with Gasteiger partial charge in [0.1, 0.15) is 0 Å². The van der Waals surface area contributed by atoms with E-state index in [9.17, 15) is 4.79 Å². The lowest BCUT2D eigenvalue weighted by Gasteiger charge is -2.32. The quantitative estimate of drug-likeness (QED) is 0.831. The Hall–Kier alpha value is -0.0300. The molecule has 0 spiro atoms. The minimum Gasteiger partial charge on any atom is -0.353 e. The van der Waals surface area contributed by atoms with Crippen molar-refractivity contribution in [3.05, 3.63) is 0 Å². The van der Waals surface area contributed by atoms with Crippen LogP contribution in [-0.4, -0.2) is 42.0 Å². The van der Waals surface area contributed by atoms with E-state index in [4.69, 9.17) is 5.73 Å². The lowest BCUT2D eigenvalue weighted by Crippen LogP contribution is -2.46. The average molecular weight is 324 g/mol. The summed E-state index contributed by atoms with van der Waals surface area (Å²) in [6, 6.07) is 1.52. The summed E-state index contributed by atoms with van der Waals surface area (Å²) < 4.78 is 0. The number of nitrogens with two attached hydrogens (primary N) is 1. The van der Waals surface area contributed by atoms with Gasteiger partial charge < -0.3 is 16.0 Å². The smallest absolute Gasteiger partial charge is 0.223 e. The van der Waals surface area contributed by atoms with E-state index < -0.39 is 0 Å². The molecule has 4 nitrogen and oxygen atoms in total. The van der Waals surface area contributed by atoms with Gasteiger partial charge in [0.25, 0.3) is 0 Å². The van der Waals surface area contributed by atoms with Crippen molar-refractivity contribution >= 4 is 30.7 Å². The molecule has 0 aromatic carbocycles. The van der Waals surface area contributed by atoms with E-state index in [1.165, 1.54) is 25.9 Å². The summed E-state index contributed by atoms with van der Waals surface area (Å²) in [4.78, 5) is 14.7. The molecule has 20 heavy (non-hydrogen) atoms. The Bertz CT molecular complexity index is 318. The summed E-state index contributed by atoms with van der Waals surface area (Å²) in [5.41, 5.74) is 5.87. The molecular formula is C14H27Cl2N3O. The van der Waals surface area contributed by atoms with E-state index >= 15 is 0 Å². The standard InChI is InChI=1S/C14H25N3O.2ClH/c15-11-2-1-10(9-11)14(18)16-12-5-7-17(8-6-12)13-3-4-13;;/h10-13H,1-9,15H2,(H,16,18);2*1H. The molecule has 3 rings (SSSR count). The molecule has 0 aromatic heterocycles. The van der Waals surface area contributed by atoms with Crippen molar-refractivity contribution in [1.29, 1.82) is 0 Å². The number of nitrogens with one attached hydrogen (secondary N) is 1. The van der Waals surface area contributed by atoms with E-state index in [1.807, 2.05) is 0 Å². The van der Waals surface area contributed by atoms with Crippen molar-refractivity contribution in [2.24, 2.45) is 11.7 Å². The first-order chi connectivity index (χ1) is 8.72. The third-order valence-electron chi connectivity index (χ3n) is 4.78. The van der Waals surface area contributed by atoms with Gasteiger partial charge in [-0.25, -0.2) is 0 Å². The fraction of sp³-hybridized carbons (Fsp3) is 0.929. The molecule has 6 heteroatoms. The highest BCUT2D eigenvalue weighted by Crippen LogP contribution is 2.29. The molecule has 2 atom stereocenters. The average Bonchev–Trinajstić information content (AvgIpc) is 3.12. The maximum atomic E-state index is 12.1. The van der Waals surface area contributed by atoms with E-state index in [2.05, 4.69) is 10.2 Å². The molecule has 0 bridgehead atoms. The van der Waals surface area contributed by atoms with Crippen molar-refractivity contribution in [1.82, 2.24) is 10.2 Å². The number of likely N-dealkylation sites (tertiary alicyclic amines) is 1. The normalized spacial score (nSPS) is 31.2. The summed E-state index contributed by atoms with van der Waals surface area (Å²) in [6.07, 6.45) is 7.90. The Labute approximate surface area is 134 Å². The molecular weight excluding hydrogens is 297 g/mol. The number of carbonyl (C=O) groups is 1. The summed E-state index contributed by atoms with van der Waals surface area (Å²) >= 11 is 0. The first-order valence-electron chi connectivity index (χ1n) is 7.52. The lowest BCUT2D eigenvalue weighted by molar-refractivity contribution is -0.125. The van der Waals surface area contributed by atoms with Gasteiger partial charge in [-0.1, -0.05) is 0 Å². The van der Waals surface area contributed by atoms with E-state index in [1.54, 1.807) is 0 Å². The monoisotopic (exact) mass is 323 g/mol. The summed E-state index contributed by atoms with van der Waals surface area (Å²) in [5, 5.41) is 3.24. The largest absolute Gasteiger partial charge is 0.353 e. The van der Waals surface area contributed by atoms with Gasteiger partial charge in [0.2, 0.25) is 5.91 Å². The predicted octanol–water partition coefficient (Wildman–Crippen LogP) is 1.70. The van der Waals surface area contributed by atoms with Crippen LogP contribution < -0.4 is 11.1 Å². The predicted molar refractivity (Wildman–Crippen MR) is 85.6 cm³/mol. The molecule has 3 N–H and O–H groups in total. The van der Waals surface area contributed by atoms with Crippen LogP contribution >= 0.6 is 24.8 Å². The van der Waals surface area contributed by atoms with Gasteiger partial charge in [-0.05, 0) is 44.9 Å². The molecule has 0 radical (unpaired) electrons. The Morgan fingerprint density at radius 3 is 2.15 bits per heavy atom. The van der Waals surface area contributed by atoms with Crippen LogP contribution in [-0.2, 0) is 4.79 Å². The maximum Gasteiger partial charge on any atom is 0.223 e. The van der Waals surface area contributed by atoms with E-state index in [-0.39, 0.29) is 42.7 Å².